The molecule has 168 valence electrons. The smallest absolute Gasteiger partial charge is 0.311 e. The lowest BCUT2D eigenvalue weighted by Crippen LogP contribution is -2.30. The van der Waals surface area contributed by atoms with Gasteiger partial charge in [-0.3, -0.25) is 4.79 Å². The molecule has 0 saturated carbocycles. The van der Waals surface area contributed by atoms with E-state index in [1.165, 1.54) is 7.11 Å². The van der Waals surface area contributed by atoms with E-state index in [0.717, 1.165) is 18.2 Å². The molecule has 0 spiro atoms. The second kappa shape index (κ2) is 9.60. The van der Waals surface area contributed by atoms with E-state index >= 15 is 0 Å². The Morgan fingerprint density at radius 3 is 2.41 bits per heavy atom. The average Bonchev–Trinajstić information content (AvgIpc) is 2.71. The van der Waals surface area contributed by atoms with Crippen molar-refractivity contribution < 1.29 is 23.4 Å². The SMILES string of the molecule is COC(=O)Cc1cccc(-c2nc(NCC(C)(C)O)nc(Nc3cc(F)cc(F)c3)n2)n1. The number of methoxy groups -OCH3 is 1. The van der Waals surface area contributed by atoms with E-state index in [2.05, 4.69) is 35.3 Å². The minimum Gasteiger partial charge on any atom is -0.469 e. The highest BCUT2D eigenvalue weighted by molar-refractivity contribution is 5.72. The molecule has 3 aromatic rings. The maximum absolute atomic E-state index is 13.6. The van der Waals surface area contributed by atoms with Crippen molar-refractivity contribution >= 4 is 23.6 Å². The van der Waals surface area contributed by atoms with Gasteiger partial charge in [-0.05, 0) is 38.1 Å². The number of pyridine rings is 1. The van der Waals surface area contributed by atoms with Crippen molar-refractivity contribution in [3.63, 3.8) is 0 Å². The van der Waals surface area contributed by atoms with Crippen molar-refractivity contribution in [3.8, 4) is 11.5 Å². The molecule has 0 bridgehead atoms. The zero-order valence-electron chi connectivity index (χ0n) is 17.7. The van der Waals surface area contributed by atoms with Crippen LogP contribution in [0.5, 0.6) is 0 Å². The lowest BCUT2D eigenvalue weighted by atomic mass is 10.1. The van der Waals surface area contributed by atoms with Gasteiger partial charge in [0.2, 0.25) is 11.9 Å². The first kappa shape index (κ1) is 22.9. The third-order valence-electron chi connectivity index (χ3n) is 4.02. The third-order valence-corrected chi connectivity index (χ3v) is 4.02. The minimum atomic E-state index is -1.05. The standard InChI is InChI=1S/C21H22F2N6O3/c1-21(2,31)11-24-19-27-18(16-6-4-5-14(25-16)10-17(30)32-3)28-20(29-19)26-15-8-12(22)7-13(23)9-15/h4-9,31H,10-11H2,1-3H3,(H2,24,26,27,28,29). The third kappa shape index (κ3) is 6.64. The largest absolute Gasteiger partial charge is 0.469 e. The average molecular weight is 444 g/mol. The molecule has 0 radical (unpaired) electrons. The fraction of sp³-hybridized carbons (Fsp3) is 0.286. The van der Waals surface area contributed by atoms with E-state index < -0.39 is 23.2 Å². The molecule has 0 saturated heterocycles. The van der Waals surface area contributed by atoms with Crippen LogP contribution in [0.3, 0.4) is 0 Å². The van der Waals surface area contributed by atoms with Crippen molar-refractivity contribution in [1.29, 1.82) is 0 Å². The van der Waals surface area contributed by atoms with Crippen LogP contribution in [0.2, 0.25) is 0 Å². The van der Waals surface area contributed by atoms with Crippen LogP contribution in [0.4, 0.5) is 26.4 Å². The number of carbonyl (C=O) groups excluding carboxylic acids is 1. The fourth-order valence-corrected chi connectivity index (χ4v) is 2.60. The monoisotopic (exact) mass is 444 g/mol. The van der Waals surface area contributed by atoms with E-state index in [0.29, 0.717) is 11.4 Å². The maximum atomic E-state index is 13.6. The van der Waals surface area contributed by atoms with Crippen molar-refractivity contribution in [2.45, 2.75) is 25.9 Å². The molecule has 9 nitrogen and oxygen atoms in total. The quantitative estimate of drug-likeness (QED) is 0.450. The number of esters is 1. The summed E-state index contributed by atoms with van der Waals surface area (Å²) in [6.45, 7) is 3.34. The lowest BCUT2D eigenvalue weighted by Gasteiger charge is -2.18. The topological polar surface area (TPSA) is 122 Å². The first-order chi connectivity index (χ1) is 15.1. The van der Waals surface area contributed by atoms with E-state index in [9.17, 15) is 18.7 Å². The predicted molar refractivity (Wildman–Crippen MR) is 113 cm³/mol. The van der Waals surface area contributed by atoms with Crippen LogP contribution in [0, 0.1) is 11.6 Å². The van der Waals surface area contributed by atoms with Gasteiger partial charge in [0.15, 0.2) is 5.82 Å². The van der Waals surface area contributed by atoms with Gasteiger partial charge in [0.1, 0.15) is 17.3 Å². The summed E-state index contributed by atoms with van der Waals surface area (Å²) < 4.78 is 31.8. The van der Waals surface area contributed by atoms with Crippen LogP contribution in [0.1, 0.15) is 19.5 Å². The highest BCUT2D eigenvalue weighted by atomic mass is 19.1. The van der Waals surface area contributed by atoms with Crippen LogP contribution < -0.4 is 10.6 Å². The van der Waals surface area contributed by atoms with E-state index in [4.69, 9.17) is 0 Å². The van der Waals surface area contributed by atoms with Gasteiger partial charge in [-0.2, -0.15) is 15.0 Å². The van der Waals surface area contributed by atoms with E-state index in [-0.39, 0.29) is 36.4 Å². The van der Waals surface area contributed by atoms with Crippen LogP contribution >= 0.6 is 0 Å². The number of aromatic nitrogens is 4. The first-order valence-corrected chi connectivity index (χ1v) is 9.60. The van der Waals surface area contributed by atoms with E-state index in [1.807, 2.05) is 0 Å². The Labute approximate surface area is 182 Å². The molecule has 3 rings (SSSR count). The zero-order valence-corrected chi connectivity index (χ0v) is 17.7. The molecule has 0 amide bonds. The highest BCUT2D eigenvalue weighted by Crippen LogP contribution is 2.21. The van der Waals surface area contributed by atoms with Crippen LogP contribution in [-0.4, -0.2) is 50.3 Å². The van der Waals surface area contributed by atoms with Crippen molar-refractivity contribution in [2.24, 2.45) is 0 Å². The fourth-order valence-electron chi connectivity index (χ4n) is 2.60. The molecule has 0 unspecified atom stereocenters. The molecule has 2 aromatic heterocycles. The minimum absolute atomic E-state index is 0.00147. The molecule has 0 aliphatic rings. The van der Waals surface area contributed by atoms with Gasteiger partial charge in [0.05, 0.1) is 24.8 Å². The molecule has 1 aromatic carbocycles. The van der Waals surface area contributed by atoms with E-state index in [1.54, 1.807) is 32.0 Å². The number of anilines is 3. The number of halogens is 2. The van der Waals surface area contributed by atoms with Crippen molar-refractivity contribution in [1.82, 2.24) is 19.9 Å². The van der Waals surface area contributed by atoms with Crippen LogP contribution in [0.25, 0.3) is 11.5 Å². The van der Waals surface area contributed by atoms with Gasteiger partial charge >= 0.3 is 5.97 Å². The maximum Gasteiger partial charge on any atom is 0.311 e. The molecule has 11 heteroatoms. The number of nitrogens with one attached hydrogen (secondary N) is 2. The summed E-state index contributed by atoms with van der Waals surface area (Å²) in [6, 6.07) is 7.91. The Morgan fingerprint density at radius 2 is 1.75 bits per heavy atom. The Balaban J connectivity index is 1.98. The molecule has 3 N–H and O–H groups in total. The second-order valence-electron chi connectivity index (χ2n) is 7.52. The number of ether oxygens (including phenoxy) is 1. The van der Waals surface area contributed by atoms with Gasteiger partial charge in [-0.1, -0.05) is 6.07 Å². The number of rotatable bonds is 8. The number of hydrogen-bond acceptors (Lipinski definition) is 9. The Hall–Kier alpha value is -3.73. The molecule has 0 atom stereocenters. The molecular formula is C21H22F2N6O3. The van der Waals surface area contributed by atoms with Gasteiger partial charge in [-0.15, -0.1) is 0 Å². The van der Waals surface area contributed by atoms with Gasteiger partial charge in [0, 0.05) is 18.3 Å². The molecule has 0 fully saturated rings. The normalized spacial score (nSPS) is 11.2. The Kier molecular flexibility index (Phi) is 6.89. The number of aliphatic hydroxyl groups is 1. The lowest BCUT2D eigenvalue weighted by molar-refractivity contribution is -0.139. The number of nitrogens with zero attached hydrogens (tertiary/aromatic N) is 4. The zero-order chi connectivity index (χ0) is 23.3. The summed E-state index contributed by atoms with van der Waals surface area (Å²) in [5.74, 6) is -1.73. The summed E-state index contributed by atoms with van der Waals surface area (Å²) in [7, 11) is 1.28. The number of hydrogen-bond donors (Lipinski definition) is 3. The first-order valence-electron chi connectivity index (χ1n) is 9.60. The molecule has 0 aliphatic heterocycles. The molecule has 2 heterocycles. The summed E-state index contributed by atoms with van der Waals surface area (Å²) in [4.78, 5) is 28.7. The Morgan fingerprint density at radius 1 is 1.06 bits per heavy atom. The van der Waals surface area contributed by atoms with Crippen molar-refractivity contribution in [3.05, 3.63) is 53.7 Å². The van der Waals surface area contributed by atoms with Gasteiger partial charge in [0.25, 0.3) is 0 Å². The summed E-state index contributed by atoms with van der Waals surface area (Å²) in [5.41, 5.74) is -0.165. The van der Waals surface area contributed by atoms with Gasteiger partial charge in [-0.25, -0.2) is 13.8 Å². The second-order valence-corrected chi connectivity index (χ2v) is 7.52. The van der Waals surface area contributed by atoms with Gasteiger partial charge < -0.3 is 20.5 Å². The number of benzene rings is 1. The highest BCUT2D eigenvalue weighted by Gasteiger charge is 2.16. The number of carbonyl (C=O) groups is 1. The summed E-state index contributed by atoms with van der Waals surface area (Å²) in [6.07, 6.45) is -0.0348. The molecule has 32 heavy (non-hydrogen) atoms. The van der Waals surface area contributed by atoms with Crippen LogP contribution in [-0.2, 0) is 16.0 Å². The summed E-state index contributed by atoms with van der Waals surface area (Å²) in [5, 5.41) is 15.6. The summed E-state index contributed by atoms with van der Waals surface area (Å²) >= 11 is 0. The molecular weight excluding hydrogens is 422 g/mol. The molecule has 0 aliphatic carbocycles. The van der Waals surface area contributed by atoms with Crippen LogP contribution in [0.15, 0.2) is 36.4 Å². The van der Waals surface area contributed by atoms with Crippen molar-refractivity contribution in [2.75, 3.05) is 24.3 Å². The Bertz CT molecular complexity index is 1100. The predicted octanol–water partition coefficient (Wildman–Crippen LogP) is 2.85.